The molecule has 10 heteroatoms. The Hall–Kier alpha value is -4.18. The monoisotopic (exact) mass is 523 g/mol. The van der Waals surface area contributed by atoms with E-state index >= 15 is 0 Å². The van der Waals surface area contributed by atoms with Gasteiger partial charge in [-0.05, 0) is 79.4 Å². The average molecular weight is 524 g/mol. The summed E-state index contributed by atoms with van der Waals surface area (Å²) in [7, 11) is 1.47. The van der Waals surface area contributed by atoms with Crippen LogP contribution < -0.4 is 14.8 Å². The summed E-state index contributed by atoms with van der Waals surface area (Å²) in [5.41, 5.74) is 1.48. The molecule has 0 aliphatic carbocycles. The van der Waals surface area contributed by atoms with Gasteiger partial charge in [0.1, 0.15) is 11.6 Å². The summed E-state index contributed by atoms with van der Waals surface area (Å²) in [6, 6.07) is 16.2. The predicted molar refractivity (Wildman–Crippen MR) is 140 cm³/mol. The third-order valence-electron chi connectivity index (χ3n) is 5.25. The number of para-hydroxylation sites is 1. The van der Waals surface area contributed by atoms with Crippen molar-refractivity contribution < 1.29 is 27.8 Å². The van der Waals surface area contributed by atoms with E-state index < -0.39 is 11.7 Å². The molecule has 37 heavy (non-hydrogen) atoms. The summed E-state index contributed by atoms with van der Waals surface area (Å²) in [5.74, 6) is -0.805. The SMILES string of the molecule is CCN1C(=O)/C(=C\c2cccc(OC)c2OCC(=O)Nc2ccc(F)cc2)SC1=Nc1ccc(F)cc1. The molecular weight excluding hydrogens is 500 g/mol. The Bertz CT molecular complexity index is 1360. The Balaban J connectivity index is 1.56. The molecule has 0 saturated carbocycles. The molecule has 0 radical (unpaired) electrons. The van der Waals surface area contributed by atoms with Crippen LogP contribution in [0.1, 0.15) is 12.5 Å². The predicted octanol–water partition coefficient (Wildman–Crippen LogP) is 5.61. The highest BCUT2D eigenvalue weighted by Crippen LogP contribution is 2.38. The van der Waals surface area contributed by atoms with E-state index in [1.54, 1.807) is 24.3 Å². The van der Waals surface area contributed by atoms with Crippen molar-refractivity contribution in [3.05, 3.63) is 88.8 Å². The van der Waals surface area contributed by atoms with Crippen molar-refractivity contribution in [1.82, 2.24) is 4.90 Å². The zero-order chi connectivity index (χ0) is 26.4. The molecule has 0 unspecified atom stereocenters. The first-order valence-electron chi connectivity index (χ1n) is 11.3. The Morgan fingerprint density at radius 2 is 1.73 bits per heavy atom. The molecule has 3 aromatic carbocycles. The molecule has 4 rings (SSSR count). The quantitative estimate of drug-likeness (QED) is 0.388. The number of benzene rings is 3. The minimum Gasteiger partial charge on any atom is -0.493 e. The zero-order valence-corrected chi connectivity index (χ0v) is 20.9. The summed E-state index contributed by atoms with van der Waals surface area (Å²) in [6.07, 6.45) is 1.65. The van der Waals surface area contributed by atoms with Gasteiger partial charge in [-0.15, -0.1) is 0 Å². The van der Waals surface area contributed by atoms with Crippen LogP contribution in [-0.4, -0.2) is 42.1 Å². The van der Waals surface area contributed by atoms with Gasteiger partial charge in [0.2, 0.25) is 0 Å². The van der Waals surface area contributed by atoms with Crippen molar-refractivity contribution in [3.63, 3.8) is 0 Å². The van der Waals surface area contributed by atoms with Gasteiger partial charge in [-0.1, -0.05) is 12.1 Å². The Morgan fingerprint density at radius 3 is 2.38 bits per heavy atom. The topological polar surface area (TPSA) is 80.2 Å². The molecule has 2 amide bonds. The van der Waals surface area contributed by atoms with E-state index in [9.17, 15) is 18.4 Å². The van der Waals surface area contributed by atoms with Crippen molar-refractivity contribution in [1.29, 1.82) is 0 Å². The van der Waals surface area contributed by atoms with Gasteiger partial charge in [0, 0.05) is 17.8 Å². The highest BCUT2D eigenvalue weighted by atomic mass is 32.2. The minimum atomic E-state index is -0.451. The van der Waals surface area contributed by atoms with Crippen molar-refractivity contribution in [2.45, 2.75) is 6.92 Å². The second kappa shape index (κ2) is 11.7. The van der Waals surface area contributed by atoms with Gasteiger partial charge in [0.15, 0.2) is 23.3 Å². The number of likely N-dealkylation sites (N-methyl/N-ethyl adjacent to an activating group) is 1. The molecule has 1 fully saturated rings. The van der Waals surface area contributed by atoms with Crippen LogP contribution in [0.2, 0.25) is 0 Å². The zero-order valence-electron chi connectivity index (χ0n) is 20.0. The fourth-order valence-corrected chi connectivity index (χ4v) is 4.52. The number of hydrogen-bond donors (Lipinski definition) is 1. The van der Waals surface area contributed by atoms with Gasteiger partial charge in [0.05, 0.1) is 17.7 Å². The Morgan fingerprint density at radius 1 is 1.05 bits per heavy atom. The molecule has 0 atom stereocenters. The molecular formula is C27H23F2N3O4S. The molecule has 1 N–H and O–H groups in total. The molecule has 1 aliphatic heterocycles. The third-order valence-corrected chi connectivity index (χ3v) is 6.25. The number of amides is 2. The van der Waals surface area contributed by atoms with Gasteiger partial charge < -0.3 is 14.8 Å². The van der Waals surface area contributed by atoms with Crippen molar-refractivity contribution in [2.24, 2.45) is 4.99 Å². The number of carbonyl (C=O) groups excluding carboxylic acids is 2. The van der Waals surface area contributed by atoms with Crippen LogP contribution in [0.15, 0.2) is 76.6 Å². The average Bonchev–Trinajstić information content (AvgIpc) is 3.19. The van der Waals surface area contributed by atoms with Gasteiger partial charge in [-0.3, -0.25) is 14.5 Å². The maximum Gasteiger partial charge on any atom is 0.266 e. The molecule has 0 spiro atoms. The number of carbonyl (C=O) groups is 2. The normalized spacial score (nSPS) is 15.4. The molecule has 1 heterocycles. The van der Waals surface area contributed by atoms with Crippen LogP contribution in [-0.2, 0) is 9.59 Å². The number of anilines is 1. The number of amidine groups is 1. The number of aliphatic imine (C=N–C) groups is 1. The van der Waals surface area contributed by atoms with Crippen molar-refractivity contribution in [2.75, 3.05) is 25.6 Å². The van der Waals surface area contributed by atoms with E-state index in [-0.39, 0.29) is 24.1 Å². The van der Waals surface area contributed by atoms with Gasteiger partial charge in [-0.25, -0.2) is 13.8 Å². The van der Waals surface area contributed by atoms with Crippen LogP contribution in [0.3, 0.4) is 0 Å². The Kier molecular flexibility index (Phi) is 8.19. The first-order valence-corrected chi connectivity index (χ1v) is 12.1. The second-order valence-electron chi connectivity index (χ2n) is 7.75. The number of nitrogens with one attached hydrogen (secondary N) is 1. The highest BCUT2D eigenvalue weighted by molar-refractivity contribution is 8.18. The first kappa shape index (κ1) is 25.9. The van der Waals surface area contributed by atoms with Crippen LogP contribution in [0.4, 0.5) is 20.2 Å². The fraction of sp³-hybridized carbons (Fsp3) is 0.148. The fourth-order valence-electron chi connectivity index (χ4n) is 3.47. The number of nitrogens with zero attached hydrogens (tertiary/aromatic N) is 2. The lowest BCUT2D eigenvalue weighted by molar-refractivity contribution is -0.122. The van der Waals surface area contributed by atoms with Crippen LogP contribution in [0.5, 0.6) is 11.5 Å². The molecule has 1 saturated heterocycles. The molecule has 1 aliphatic rings. The summed E-state index contributed by atoms with van der Waals surface area (Å²) in [6.45, 7) is 1.89. The van der Waals surface area contributed by atoms with E-state index in [1.807, 2.05) is 6.92 Å². The van der Waals surface area contributed by atoms with Crippen molar-refractivity contribution in [3.8, 4) is 11.5 Å². The largest absolute Gasteiger partial charge is 0.493 e. The lowest BCUT2D eigenvalue weighted by Gasteiger charge is -2.14. The van der Waals surface area contributed by atoms with Crippen molar-refractivity contribution >= 4 is 46.2 Å². The molecule has 3 aromatic rings. The standard InChI is InChI=1S/C27H23F2N3O4S/c1-3-32-26(34)23(37-27(32)31-21-13-9-19(29)10-14-21)15-17-5-4-6-22(35-2)25(17)36-16-24(33)30-20-11-7-18(28)8-12-20/h4-15H,3,16H2,1-2H3,(H,30,33)/b23-15+,31-27?. The molecule has 0 bridgehead atoms. The van der Waals surface area contributed by atoms with Gasteiger partial charge >= 0.3 is 0 Å². The second-order valence-corrected chi connectivity index (χ2v) is 8.76. The number of hydrogen-bond acceptors (Lipinski definition) is 6. The van der Waals surface area contributed by atoms with Crippen LogP contribution in [0, 0.1) is 11.6 Å². The van der Waals surface area contributed by atoms with E-state index in [0.29, 0.717) is 39.3 Å². The third kappa shape index (κ3) is 6.34. The molecule has 0 aromatic heterocycles. The van der Waals surface area contributed by atoms with E-state index in [1.165, 1.54) is 72.3 Å². The summed E-state index contributed by atoms with van der Waals surface area (Å²) < 4.78 is 37.6. The van der Waals surface area contributed by atoms with E-state index in [0.717, 1.165) is 0 Å². The number of rotatable bonds is 8. The van der Waals surface area contributed by atoms with Gasteiger partial charge in [0.25, 0.3) is 11.8 Å². The number of methoxy groups -OCH3 is 1. The van der Waals surface area contributed by atoms with E-state index in [2.05, 4.69) is 10.3 Å². The maximum atomic E-state index is 13.3. The van der Waals surface area contributed by atoms with Gasteiger partial charge in [-0.2, -0.15) is 0 Å². The summed E-state index contributed by atoms with van der Waals surface area (Å²) in [4.78, 5) is 31.9. The van der Waals surface area contributed by atoms with Crippen LogP contribution >= 0.6 is 11.8 Å². The number of thioether (sulfide) groups is 1. The molecule has 7 nitrogen and oxygen atoms in total. The summed E-state index contributed by atoms with van der Waals surface area (Å²) in [5, 5.41) is 3.10. The smallest absolute Gasteiger partial charge is 0.266 e. The summed E-state index contributed by atoms with van der Waals surface area (Å²) >= 11 is 1.18. The lowest BCUT2D eigenvalue weighted by atomic mass is 10.1. The van der Waals surface area contributed by atoms with E-state index in [4.69, 9.17) is 9.47 Å². The molecule has 190 valence electrons. The minimum absolute atomic E-state index is 0.240. The van der Waals surface area contributed by atoms with Crippen LogP contribution in [0.25, 0.3) is 6.08 Å². The Labute approximate surface area is 216 Å². The first-order chi connectivity index (χ1) is 17.9. The maximum absolute atomic E-state index is 13.3. The lowest BCUT2D eigenvalue weighted by Crippen LogP contribution is -2.28. The number of halogens is 2. The highest BCUT2D eigenvalue weighted by Gasteiger charge is 2.32. The number of ether oxygens (including phenoxy) is 2.